The van der Waals surface area contributed by atoms with E-state index >= 15 is 0 Å². The molecule has 21 heavy (non-hydrogen) atoms. The summed E-state index contributed by atoms with van der Waals surface area (Å²) >= 11 is 0. The van der Waals surface area contributed by atoms with Gasteiger partial charge in [-0.2, -0.15) is 0 Å². The maximum atomic E-state index is 13.8. The van der Waals surface area contributed by atoms with Crippen LogP contribution in [0.25, 0.3) is 0 Å². The minimum atomic E-state index is -3.99. The molecule has 1 aromatic rings. The van der Waals surface area contributed by atoms with E-state index in [1.807, 2.05) is 0 Å². The zero-order chi connectivity index (χ0) is 15.5. The van der Waals surface area contributed by atoms with E-state index in [-0.39, 0.29) is 16.6 Å². The van der Waals surface area contributed by atoms with Crippen LogP contribution in [0.3, 0.4) is 0 Å². The van der Waals surface area contributed by atoms with Gasteiger partial charge >= 0.3 is 0 Å². The van der Waals surface area contributed by atoms with Gasteiger partial charge in [0.05, 0.1) is 16.6 Å². The van der Waals surface area contributed by atoms with Crippen LogP contribution in [0.4, 0.5) is 4.39 Å². The number of rotatable bonds is 4. The van der Waals surface area contributed by atoms with Crippen LogP contribution in [0, 0.1) is 5.82 Å². The Morgan fingerprint density at radius 2 is 2.19 bits per heavy atom. The molecule has 6 nitrogen and oxygen atoms in total. The van der Waals surface area contributed by atoms with E-state index in [0.717, 1.165) is 37.5 Å². The zero-order valence-corrected chi connectivity index (χ0v) is 12.2. The maximum Gasteiger partial charge on any atom is 0.254 e. The van der Waals surface area contributed by atoms with E-state index in [1.54, 1.807) is 0 Å². The van der Waals surface area contributed by atoms with E-state index in [4.69, 9.17) is 9.88 Å². The van der Waals surface area contributed by atoms with Crippen molar-refractivity contribution in [2.75, 3.05) is 13.2 Å². The molecule has 116 valence electrons. The lowest BCUT2D eigenvalue weighted by Gasteiger charge is -2.22. The highest BCUT2D eigenvalue weighted by Crippen LogP contribution is 2.15. The van der Waals surface area contributed by atoms with Gasteiger partial charge in [0.2, 0.25) is 10.0 Å². The zero-order valence-electron chi connectivity index (χ0n) is 11.3. The Morgan fingerprint density at radius 3 is 2.76 bits per heavy atom. The molecule has 1 amide bonds. The van der Waals surface area contributed by atoms with E-state index in [2.05, 4.69) is 5.32 Å². The first kappa shape index (κ1) is 15.9. The molecule has 2 rings (SSSR count). The number of benzene rings is 1. The Hall–Kier alpha value is -1.51. The first-order valence-electron chi connectivity index (χ1n) is 6.60. The summed E-state index contributed by atoms with van der Waals surface area (Å²) in [6.07, 6.45) is 2.84. The van der Waals surface area contributed by atoms with Crippen molar-refractivity contribution in [2.45, 2.75) is 30.3 Å². The molecule has 1 heterocycles. The summed E-state index contributed by atoms with van der Waals surface area (Å²) in [6.45, 7) is 0.965. The third-order valence-electron chi connectivity index (χ3n) is 3.28. The van der Waals surface area contributed by atoms with Gasteiger partial charge in [0.25, 0.3) is 5.91 Å². The highest BCUT2D eigenvalue weighted by molar-refractivity contribution is 7.89. The van der Waals surface area contributed by atoms with E-state index < -0.39 is 21.7 Å². The van der Waals surface area contributed by atoms with E-state index in [1.165, 1.54) is 0 Å². The first-order valence-corrected chi connectivity index (χ1v) is 8.15. The van der Waals surface area contributed by atoms with Crippen LogP contribution >= 0.6 is 0 Å². The van der Waals surface area contributed by atoms with Crippen molar-refractivity contribution in [3.05, 3.63) is 29.6 Å². The highest BCUT2D eigenvalue weighted by atomic mass is 32.2. The topological polar surface area (TPSA) is 98.5 Å². The second kappa shape index (κ2) is 6.50. The molecule has 0 aromatic heterocycles. The third kappa shape index (κ3) is 4.23. The molecule has 0 saturated carbocycles. The van der Waals surface area contributed by atoms with Gasteiger partial charge in [0, 0.05) is 13.2 Å². The quantitative estimate of drug-likeness (QED) is 0.857. The van der Waals surface area contributed by atoms with Crippen molar-refractivity contribution in [3.8, 4) is 0 Å². The number of hydrogen-bond donors (Lipinski definition) is 2. The molecule has 1 fully saturated rings. The summed E-state index contributed by atoms with van der Waals surface area (Å²) < 4.78 is 41.4. The Labute approximate surface area is 122 Å². The SMILES string of the molecule is NS(=O)(=O)c1ccc(C(=O)NCC2CCCCO2)c(F)c1. The molecule has 1 aliphatic rings. The van der Waals surface area contributed by atoms with Crippen molar-refractivity contribution in [2.24, 2.45) is 5.14 Å². The number of amides is 1. The van der Waals surface area contributed by atoms with Crippen molar-refractivity contribution >= 4 is 15.9 Å². The number of halogens is 1. The van der Waals surface area contributed by atoms with Gasteiger partial charge in [0.15, 0.2) is 0 Å². The van der Waals surface area contributed by atoms with Crippen LogP contribution < -0.4 is 10.5 Å². The number of primary sulfonamides is 1. The summed E-state index contributed by atoms with van der Waals surface area (Å²) in [5, 5.41) is 7.48. The number of nitrogens with two attached hydrogens (primary N) is 1. The number of carbonyl (C=O) groups is 1. The first-order chi connectivity index (χ1) is 9.88. The predicted molar refractivity (Wildman–Crippen MR) is 73.7 cm³/mol. The molecule has 0 aliphatic carbocycles. The van der Waals surface area contributed by atoms with E-state index in [0.29, 0.717) is 13.2 Å². The van der Waals surface area contributed by atoms with Crippen molar-refractivity contribution in [1.82, 2.24) is 5.32 Å². The van der Waals surface area contributed by atoms with Crippen LogP contribution in [0.15, 0.2) is 23.1 Å². The van der Waals surface area contributed by atoms with Gasteiger partial charge in [-0.1, -0.05) is 0 Å². The summed E-state index contributed by atoms with van der Waals surface area (Å²) in [5.41, 5.74) is -0.224. The minimum Gasteiger partial charge on any atom is -0.376 e. The molecular weight excluding hydrogens is 299 g/mol. The number of nitrogens with one attached hydrogen (secondary N) is 1. The summed E-state index contributed by atoms with van der Waals surface area (Å²) in [6, 6.07) is 2.94. The Bertz CT molecular complexity index is 627. The minimum absolute atomic E-state index is 0.0607. The standard InChI is InChI=1S/C13H17FN2O4S/c14-12-7-10(21(15,18)19)4-5-11(12)13(17)16-8-9-3-1-2-6-20-9/h4-5,7,9H,1-3,6,8H2,(H,16,17)(H2,15,18,19). The summed E-state index contributed by atoms with van der Waals surface area (Å²) in [5.74, 6) is -1.54. The Balaban J connectivity index is 2.02. The predicted octanol–water partition coefficient (Wildman–Crippen LogP) is 0.772. The molecule has 8 heteroatoms. The highest BCUT2D eigenvalue weighted by Gasteiger charge is 2.18. The van der Waals surface area contributed by atoms with Gasteiger partial charge in [-0.15, -0.1) is 0 Å². The molecule has 1 atom stereocenters. The van der Waals surface area contributed by atoms with Crippen LogP contribution in [-0.2, 0) is 14.8 Å². The van der Waals surface area contributed by atoms with Crippen LogP contribution in [0.5, 0.6) is 0 Å². The fourth-order valence-corrected chi connectivity index (χ4v) is 2.65. The molecular formula is C13H17FN2O4S. The molecule has 0 radical (unpaired) electrons. The summed E-state index contributed by atoms with van der Waals surface area (Å²) in [4.78, 5) is 11.5. The van der Waals surface area contributed by atoms with E-state index in [9.17, 15) is 17.6 Å². The van der Waals surface area contributed by atoms with Gasteiger partial charge < -0.3 is 10.1 Å². The van der Waals surface area contributed by atoms with Gasteiger partial charge in [-0.05, 0) is 37.5 Å². The second-order valence-corrected chi connectivity index (χ2v) is 6.45. The average Bonchev–Trinajstić information content (AvgIpc) is 2.45. The Morgan fingerprint density at radius 1 is 1.43 bits per heavy atom. The molecule has 1 aromatic carbocycles. The summed E-state index contributed by atoms with van der Waals surface area (Å²) in [7, 11) is -3.99. The normalized spacial score (nSPS) is 19.2. The lowest BCUT2D eigenvalue weighted by atomic mass is 10.1. The number of sulfonamides is 1. The fraction of sp³-hybridized carbons (Fsp3) is 0.462. The number of ether oxygens (including phenoxy) is 1. The van der Waals surface area contributed by atoms with Crippen molar-refractivity contribution in [1.29, 1.82) is 0 Å². The fourth-order valence-electron chi connectivity index (χ4n) is 2.13. The van der Waals surface area contributed by atoms with Crippen molar-refractivity contribution in [3.63, 3.8) is 0 Å². The van der Waals surface area contributed by atoms with Crippen LogP contribution in [0.1, 0.15) is 29.6 Å². The lowest BCUT2D eigenvalue weighted by molar-refractivity contribution is 0.0168. The third-order valence-corrected chi connectivity index (χ3v) is 4.19. The molecule has 0 spiro atoms. The Kier molecular flexibility index (Phi) is 4.92. The smallest absolute Gasteiger partial charge is 0.254 e. The second-order valence-electron chi connectivity index (χ2n) is 4.89. The number of hydrogen-bond acceptors (Lipinski definition) is 4. The van der Waals surface area contributed by atoms with Gasteiger partial charge in [-0.25, -0.2) is 17.9 Å². The molecule has 1 unspecified atom stereocenters. The molecule has 0 bridgehead atoms. The molecule has 3 N–H and O–H groups in total. The number of carbonyl (C=O) groups excluding carboxylic acids is 1. The van der Waals surface area contributed by atoms with Gasteiger partial charge in [0.1, 0.15) is 5.82 Å². The average molecular weight is 316 g/mol. The van der Waals surface area contributed by atoms with Gasteiger partial charge in [-0.3, -0.25) is 4.79 Å². The van der Waals surface area contributed by atoms with Crippen LogP contribution in [0.2, 0.25) is 0 Å². The maximum absolute atomic E-state index is 13.8. The molecule has 1 aliphatic heterocycles. The largest absolute Gasteiger partial charge is 0.376 e. The molecule has 1 saturated heterocycles. The van der Waals surface area contributed by atoms with Crippen molar-refractivity contribution < 1.29 is 22.3 Å². The van der Waals surface area contributed by atoms with Crippen LogP contribution in [-0.4, -0.2) is 33.6 Å². The lowest BCUT2D eigenvalue weighted by Crippen LogP contribution is -2.35. The monoisotopic (exact) mass is 316 g/mol.